The Hall–Kier alpha value is -0.250. The molecule has 0 amide bonds. The van der Waals surface area contributed by atoms with Crippen LogP contribution in [0, 0.1) is 0 Å². The summed E-state index contributed by atoms with van der Waals surface area (Å²) in [6, 6.07) is 4.01. The fourth-order valence-corrected chi connectivity index (χ4v) is 3.92. The summed E-state index contributed by atoms with van der Waals surface area (Å²) in [5, 5.41) is 4.43. The Bertz CT molecular complexity index is 566. The lowest BCUT2D eigenvalue weighted by molar-refractivity contribution is 0.365. The van der Waals surface area contributed by atoms with Gasteiger partial charge in [-0.1, -0.05) is 0 Å². The van der Waals surface area contributed by atoms with Gasteiger partial charge in [0.1, 0.15) is 0 Å². The second-order valence-electron chi connectivity index (χ2n) is 4.65. The van der Waals surface area contributed by atoms with Gasteiger partial charge in [0.2, 0.25) is 0 Å². The second kappa shape index (κ2) is 7.15. The molecule has 0 saturated heterocycles. The molecule has 3 N–H and O–H groups in total. The summed E-state index contributed by atoms with van der Waals surface area (Å²) in [5.74, 6) is 5.77. The van der Waals surface area contributed by atoms with E-state index in [2.05, 4.69) is 53.4 Å². The van der Waals surface area contributed by atoms with Crippen LogP contribution in [0.5, 0.6) is 0 Å². The molecule has 0 aliphatic rings. The highest BCUT2D eigenvalue weighted by Gasteiger charge is 2.22. The fraction of sp³-hybridized carbons (Fsp3) is 0.417. The van der Waals surface area contributed by atoms with Gasteiger partial charge in [0.15, 0.2) is 0 Å². The van der Waals surface area contributed by atoms with Crippen molar-refractivity contribution in [1.29, 1.82) is 0 Å². The van der Waals surface area contributed by atoms with Crippen LogP contribution in [0.1, 0.15) is 16.6 Å². The summed E-state index contributed by atoms with van der Waals surface area (Å²) in [7, 11) is 4.10. The number of nitrogens with two attached hydrogens (primary N) is 1. The van der Waals surface area contributed by atoms with Crippen LogP contribution >= 0.6 is 43.2 Å². The molecule has 110 valence electrons. The summed E-state index contributed by atoms with van der Waals surface area (Å²) in [4.78, 5) is 3.28. The van der Waals surface area contributed by atoms with Gasteiger partial charge >= 0.3 is 0 Å². The molecule has 0 aromatic carbocycles. The third kappa shape index (κ3) is 3.69. The van der Waals surface area contributed by atoms with Crippen molar-refractivity contribution in [3.63, 3.8) is 0 Å². The van der Waals surface area contributed by atoms with Crippen LogP contribution in [-0.2, 0) is 6.54 Å². The number of nitrogens with one attached hydrogen (secondary N) is 1. The highest BCUT2D eigenvalue weighted by atomic mass is 79.9. The number of thiophene rings is 1. The fourth-order valence-electron chi connectivity index (χ4n) is 1.91. The van der Waals surface area contributed by atoms with Crippen molar-refractivity contribution in [3.8, 4) is 0 Å². The average molecular weight is 423 g/mol. The van der Waals surface area contributed by atoms with Crippen molar-refractivity contribution in [1.82, 2.24) is 20.1 Å². The van der Waals surface area contributed by atoms with E-state index < -0.39 is 0 Å². The van der Waals surface area contributed by atoms with E-state index in [-0.39, 0.29) is 6.04 Å². The molecule has 2 heterocycles. The summed E-state index contributed by atoms with van der Waals surface area (Å²) in [6.07, 6.45) is 1.82. The van der Waals surface area contributed by atoms with Crippen LogP contribution in [0.4, 0.5) is 0 Å². The molecular weight excluding hydrogens is 406 g/mol. The minimum atomic E-state index is -0.0784. The van der Waals surface area contributed by atoms with Gasteiger partial charge in [0.25, 0.3) is 0 Å². The standard InChI is InChI=1S/C12H17Br2N5S/c1-18(2)5-6-19-12(8(13)7-16-19)11(17-15)9-3-4-10(14)20-9/h3-4,7,11,17H,5-6,15H2,1-2H3. The number of hydrogen-bond acceptors (Lipinski definition) is 5. The molecule has 5 nitrogen and oxygen atoms in total. The molecule has 2 aromatic heterocycles. The number of likely N-dealkylation sites (N-methyl/N-ethyl adjacent to an activating group) is 1. The lowest BCUT2D eigenvalue weighted by atomic mass is 10.2. The third-order valence-electron chi connectivity index (χ3n) is 2.91. The van der Waals surface area contributed by atoms with Gasteiger partial charge < -0.3 is 4.90 Å². The van der Waals surface area contributed by atoms with Crippen LogP contribution in [0.3, 0.4) is 0 Å². The molecule has 0 fully saturated rings. The summed E-state index contributed by atoms with van der Waals surface area (Å²) >= 11 is 8.72. The zero-order valence-electron chi connectivity index (χ0n) is 11.3. The van der Waals surface area contributed by atoms with Crippen LogP contribution in [0.15, 0.2) is 26.6 Å². The van der Waals surface area contributed by atoms with E-state index in [0.717, 1.165) is 31.9 Å². The molecule has 2 aromatic rings. The topological polar surface area (TPSA) is 59.1 Å². The monoisotopic (exact) mass is 421 g/mol. The van der Waals surface area contributed by atoms with E-state index in [0.29, 0.717) is 0 Å². The van der Waals surface area contributed by atoms with Crippen molar-refractivity contribution in [2.75, 3.05) is 20.6 Å². The highest BCUT2D eigenvalue weighted by molar-refractivity contribution is 9.11. The first-order chi connectivity index (χ1) is 9.52. The molecule has 8 heteroatoms. The molecule has 0 aliphatic heterocycles. The van der Waals surface area contributed by atoms with Gasteiger partial charge in [-0.15, -0.1) is 11.3 Å². The Kier molecular flexibility index (Phi) is 5.76. The molecule has 1 atom stereocenters. The highest BCUT2D eigenvalue weighted by Crippen LogP contribution is 2.33. The molecule has 2 rings (SSSR count). The molecular formula is C12H17Br2N5S. The van der Waals surface area contributed by atoms with E-state index in [4.69, 9.17) is 5.84 Å². The van der Waals surface area contributed by atoms with Crippen molar-refractivity contribution in [2.45, 2.75) is 12.6 Å². The minimum Gasteiger partial charge on any atom is -0.308 e. The van der Waals surface area contributed by atoms with E-state index in [1.807, 2.05) is 31.0 Å². The molecule has 0 spiro atoms. The Morgan fingerprint density at radius 1 is 1.45 bits per heavy atom. The number of aromatic nitrogens is 2. The van der Waals surface area contributed by atoms with Crippen molar-refractivity contribution in [3.05, 3.63) is 37.2 Å². The molecule has 20 heavy (non-hydrogen) atoms. The van der Waals surface area contributed by atoms with Gasteiger partial charge in [-0.2, -0.15) is 5.10 Å². The van der Waals surface area contributed by atoms with Gasteiger partial charge in [-0.05, 0) is 58.1 Å². The van der Waals surface area contributed by atoms with E-state index in [1.54, 1.807) is 11.3 Å². The molecule has 1 unspecified atom stereocenters. The molecule has 0 radical (unpaired) electrons. The smallest absolute Gasteiger partial charge is 0.0981 e. The molecule has 0 saturated carbocycles. The first kappa shape index (κ1) is 16.1. The summed E-state index contributed by atoms with van der Waals surface area (Å²) in [6.45, 7) is 1.74. The minimum absolute atomic E-state index is 0.0784. The van der Waals surface area contributed by atoms with Gasteiger partial charge in [-0.25, -0.2) is 5.43 Å². The van der Waals surface area contributed by atoms with E-state index in [9.17, 15) is 0 Å². The molecule has 0 aliphatic carbocycles. The molecule has 0 bridgehead atoms. The maximum atomic E-state index is 5.77. The van der Waals surface area contributed by atoms with Gasteiger partial charge in [0.05, 0.1) is 32.7 Å². The van der Waals surface area contributed by atoms with E-state index in [1.165, 1.54) is 0 Å². The maximum Gasteiger partial charge on any atom is 0.0981 e. The maximum absolute atomic E-state index is 5.77. The number of rotatable bonds is 6. The second-order valence-corrected chi connectivity index (χ2v) is 7.99. The summed E-state index contributed by atoms with van der Waals surface area (Å²) in [5.41, 5.74) is 3.93. The number of nitrogens with zero attached hydrogens (tertiary/aromatic N) is 3. The lowest BCUT2D eigenvalue weighted by Gasteiger charge is -2.18. The lowest BCUT2D eigenvalue weighted by Crippen LogP contribution is -2.31. The van der Waals surface area contributed by atoms with Crippen LogP contribution in [-0.4, -0.2) is 35.3 Å². The predicted molar refractivity (Wildman–Crippen MR) is 89.7 cm³/mol. The SMILES string of the molecule is CN(C)CCn1ncc(Br)c1C(NN)c1ccc(Br)s1. The number of hydrogen-bond donors (Lipinski definition) is 2. The van der Waals surface area contributed by atoms with Crippen molar-refractivity contribution >= 4 is 43.2 Å². The van der Waals surface area contributed by atoms with Gasteiger partial charge in [0, 0.05) is 11.4 Å². The van der Waals surface area contributed by atoms with E-state index >= 15 is 0 Å². The normalized spacial score (nSPS) is 13.1. The van der Waals surface area contributed by atoms with Crippen LogP contribution in [0.25, 0.3) is 0 Å². The summed E-state index contributed by atoms with van der Waals surface area (Å²) < 4.78 is 4.04. The zero-order valence-corrected chi connectivity index (χ0v) is 15.3. The van der Waals surface area contributed by atoms with Crippen LogP contribution < -0.4 is 11.3 Å². The quantitative estimate of drug-likeness (QED) is 0.554. The number of halogens is 2. The van der Waals surface area contributed by atoms with Crippen LogP contribution in [0.2, 0.25) is 0 Å². The Balaban J connectivity index is 2.31. The Morgan fingerprint density at radius 3 is 2.75 bits per heavy atom. The van der Waals surface area contributed by atoms with Crippen molar-refractivity contribution < 1.29 is 0 Å². The predicted octanol–water partition coefficient (Wildman–Crippen LogP) is 2.58. The largest absolute Gasteiger partial charge is 0.308 e. The Morgan fingerprint density at radius 2 is 2.20 bits per heavy atom. The first-order valence-electron chi connectivity index (χ1n) is 6.10. The van der Waals surface area contributed by atoms with Gasteiger partial charge in [-0.3, -0.25) is 10.5 Å². The number of hydrazine groups is 1. The average Bonchev–Trinajstić information content (AvgIpc) is 2.97. The first-order valence-corrected chi connectivity index (χ1v) is 8.50. The Labute approximate surface area is 139 Å². The van der Waals surface area contributed by atoms with Crippen molar-refractivity contribution in [2.24, 2.45) is 5.84 Å². The third-order valence-corrected chi connectivity index (χ3v) is 5.21. The zero-order chi connectivity index (χ0) is 14.7.